The van der Waals surface area contributed by atoms with E-state index in [1.165, 1.54) is 5.56 Å². The van der Waals surface area contributed by atoms with Gasteiger partial charge in [0.25, 0.3) is 0 Å². The first-order valence-corrected chi connectivity index (χ1v) is 3.94. The zero-order valence-corrected chi connectivity index (χ0v) is 7.43. The average molecular weight is 202 g/mol. The Kier molecular flexibility index (Phi) is 2.40. The number of rotatable bonds is 1. The maximum Gasteiger partial charge on any atom is 0.107 e. The smallest absolute Gasteiger partial charge is 0.107 e. The van der Waals surface area contributed by atoms with E-state index >= 15 is 0 Å². The fourth-order valence-electron chi connectivity index (χ4n) is 0.724. The molecule has 0 bridgehead atoms. The van der Waals surface area contributed by atoms with E-state index in [2.05, 4.69) is 33.6 Å². The van der Waals surface area contributed by atoms with Crippen LogP contribution in [0.4, 0.5) is 0 Å². The molecule has 0 fully saturated rings. The highest BCUT2D eigenvalue weighted by molar-refractivity contribution is 9.10. The standard InChI is InChI=1S/C7H9BrN2/c1-5(9)6-2-3-10-7(8)4-6/h2-5H,9H2,1H3/p+1/t5-/m1/s1. The van der Waals surface area contributed by atoms with E-state index in [-0.39, 0.29) is 0 Å². The van der Waals surface area contributed by atoms with E-state index in [1.807, 2.05) is 12.1 Å². The molecule has 1 rings (SSSR count). The Morgan fingerprint density at radius 2 is 2.40 bits per heavy atom. The maximum absolute atomic E-state index is 4.01. The van der Waals surface area contributed by atoms with E-state index in [9.17, 15) is 0 Å². The lowest BCUT2D eigenvalue weighted by Gasteiger charge is -2.00. The Balaban J connectivity index is 2.96. The van der Waals surface area contributed by atoms with E-state index in [1.54, 1.807) is 6.20 Å². The minimum absolute atomic E-state index is 0.333. The number of pyridine rings is 1. The van der Waals surface area contributed by atoms with Crippen molar-refractivity contribution >= 4 is 15.9 Å². The molecule has 0 aromatic carbocycles. The molecule has 3 heteroatoms. The van der Waals surface area contributed by atoms with E-state index in [0.717, 1.165) is 4.60 Å². The van der Waals surface area contributed by atoms with Crippen LogP contribution < -0.4 is 5.73 Å². The fourth-order valence-corrected chi connectivity index (χ4v) is 1.11. The Hall–Kier alpha value is -0.410. The molecule has 0 amide bonds. The second kappa shape index (κ2) is 3.12. The van der Waals surface area contributed by atoms with Gasteiger partial charge in [-0.2, -0.15) is 0 Å². The van der Waals surface area contributed by atoms with Crippen LogP contribution in [0.3, 0.4) is 0 Å². The molecular formula is C7H10BrN2+. The Morgan fingerprint density at radius 1 is 1.70 bits per heavy atom. The van der Waals surface area contributed by atoms with Crippen molar-refractivity contribution in [1.29, 1.82) is 0 Å². The van der Waals surface area contributed by atoms with Crippen molar-refractivity contribution in [3.8, 4) is 0 Å². The zero-order valence-electron chi connectivity index (χ0n) is 5.84. The predicted octanol–water partition coefficient (Wildman–Crippen LogP) is 1.15. The first-order chi connectivity index (χ1) is 4.70. The van der Waals surface area contributed by atoms with Gasteiger partial charge in [0.2, 0.25) is 0 Å². The highest BCUT2D eigenvalue weighted by Crippen LogP contribution is 2.11. The molecule has 1 aromatic heterocycles. The van der Waals surface area contributed by atoms with Gasteiger partial charge in [-0.25, -0.2) is 4.98 Å². The van der Waals surface area contributed by atoms with Gasteiger partial charge in [0, 0.05) is 11.8 Å². The molecule has 0 saturated heterocycles. The highest BCUT2D eigenvalue weighted by Gasteiger charge is 2.01. The topological polar surface area (TPSA) is 40.5 Å². The van der Waals surface area contributed by atoms with E-state index in [4.69, 9.17) is 0 Å². The molecule has 0 spiro atoms. The van der Waals surface area contributed by atoms with Crippen LogP contribution in [0.1, 0.15) is 18.5 Å². The Bertz CT molecular complexity index is 223. The summed E-state index contributed by atoms with van der Waals surface area (Å²) in [5, 5.41) is 0. The molecule has 3 N–H and O–H groups in total. The van der Waals surface area contributed by atoms with E-state index in [0.29, 0.717) is 6.04 Å². The summed E-state index contributed by atoms with van der Waals surface area (Å²) in [6, 6.07) is 4.29. The molecule has 0 radical (unpaired) electrons. The van der Waals surface area contributed by atoms with Gasteiger partial charge in [-0.3, -0.25) is 0 Å². The summed E-state index contributed by atoms with van der Waals surface area (Å²) in [5.74, 6) is 0. The molecule has 1 heterocycles. The molecule has 0 unspecified atom stereocenters. The molecule has 0 aliphatic heterocycles. The molecule has 54 valence electrons. The number of halogens is 1. The van der Waals surface area contributed by atoms with Gasteiger partial charge in [0.1, 0.15) is 10.6 Å². The van der Waals surface area contributed by atoms with Gasteiger partial charge in [0.15, 0.2) is 0 Å². The van der Waals surface area contributed by atoms with Crippen molar-refractivity contribution in [1.82, 2.24) is 4.98 Å². The molecule has 10 heavy (non-hydrogen) atoms. The minimum atomic E-state index is 0.333. The summed E-state index contributed by atoms with van der Waals surface area (Å²) < 4.78 is 0.875. The first-order valence-electron chi connectivity index (χ1n) is 3.14. The van der Waals surface area contributed by atoms with Crippen LogP contribution in [0.5, 0.6) is 0 Å². The largest absolute Gasteiger partial charge is 0.352 e. The Labute approximate surface area is 68.6 Å². The highest BCUT2D eigenvalue weighted by atomic mass is 79.9. The van der Waals surface area contributed by atoms with Gasteiger partial charge < -0.3 is 5.73 Å². The van der Waals surface area contributed by atoms with Crippen LogP contribution in [0.25, 0.3) is 0 Å². The van der Waals surface area contributed by atoms with Crippen LogP contribution in [0, 0.1) is 0 Å². The van der Waals surface area contributed by atoms with Gasteiger partial charge >= 0.3 is 0 Å². The van der Waals surface area contributed by atoms with Crippen molar-refractivity contribution in [2.24, 2.45) is 0 Å². The summed E-state index contributed by atoms with van der Waals surface area (Å²) in [6.07, 6.45) is 1.78. The number of hydrogen-bond acceptors (Lipinski definition) is 1. The second-order valence-corrected chi connectivity index (χ2v) is 3.13. The van der Waals surface area contributed by atoms with Crippen molar-refractivity contribution in [2.45, 2.75) is 13.0 Å². The average Bonchev–Trinajstić information content (AvgIpc) is 1.88. The minimum Gasteiger partial charge on any atom is -0.352 e. The molecule has 1 atom stereocenters. The van der Waals surface area contributed by atoms with Crippen LogP contribution in [-0.4, -0.2) is 4.98 Å². The molecule has 0 saturated carbocycles. The third-order valence-electron chi connectivity index (χ3n) is 1.32. The summed E-state index contributed by atoms with van der Waals surface area (Å²) in [7, 11) is 0. The summed E-state index contributed by atoms with van der Waals surface area (Å²) in [6.45, 7) is 2.06. The second-order valence-electron chi connectivity index (χ2n) is 2.31. The van der Waals surface area contributed by atoms with Crippen LogP contribution >= 0.6 is 15.9 Å². The first kappa shape index (κ1) is 7.69. The van der Waals surface area contributed by atoms with Gasteiger partial charge in [-0.15, -0.1) is 0 Å². The number of quaternary nitrogens is 1. The lowest BCUT2D eigenvalue weighted by Crippen LogP contribution is -2.51. The third-order valence-corrected chi connectivity index (χ3v) is 1.75. The van der Waals surface area contributed by atoms with Crippen LogP contribution in [0.2, 0.25) is 0 Å². The molecular weight excluding hydrogens is 192 g/mol. The summed E-state index contributed by atoms with van der Waals surface area (Å²) >= 11 is 3.29. The lowest BCUT2D eigenvalue weighted by molar-refractivity contribution is -0.420. The van der Waals surface area contributed by atoms with Crippen molar-refractivity contribution in [2.75, 3.05) is 0 Å². The van der Waals surface area contributed by atoms with Crippen LogP contribution in [-0.2, 0) is 0 Å². The van der Waals surface area contributed by atoms with Gasteiger partial charge in [-0.05, 0) is 35.0 Å². The maximum atomic E-state index is 4.01. The third kappa shape index (κ3) is 1.78. The van der Waals surface area contributed by atoms with Gasteiger partial charge in [-0.1, -0.05) is 0 Å². The van der Waals surface area contributed by atoms with Crippen LogP contribution in [0.15, 0.2) is 22.9 Å². The number of aromatic nitrogens is 1. The SMILES string of the molecule is C[C@@H]([NH3+])c1ccnc(Br)c1. The normalized spacial score (nSPS) is 13.1. The summed E-state index contributed by atoms with van der Waals surface area (Å²) in [4.78, 5) is 4.01. The molecule has 2 nitrogen and oxygen atoms in total. The summed E-state index contributed by atoms with van der Waals surface area (Å²) in [5.41, 5.74) is 5.11. The molecule has 0 aliphatic carbocycles. The quantitative estimate of drug-likeness (QED) is 0.681. The van der Waals surface area contributed by atoms with Crippen molar-refractivity contribution < 1.29 is 5.73 Å². The van der Waals surface area contributed by atoms with Crippen molar-refractivity contribution in [3.63, 3.8) is 0 Å². The van der Waals surface area contributed by atoms with E-state index < -0.39 is 0 Å². The zero-order chi connectivity index (χ0) is 7.56. The number of nitrogens with zero attached hydrogens (tertiary/aromatic N) is 1. The fraction of sp³-hybridized carbons (Fsp3) is 0.286. The van der Waals surface area contributed by atoms with Gasteiger partial charge in [0.05, 0.1) is 0 Å². The van der Waals surface area contributed by atoms with Crippen molar-refractivity contribution in [3.05, 3.63) is 28.5 Å². The monoisotopic (exact) mass is 201 g/mol. The number of hydrogen-bond donors (Lipinski definition) is 1. The molecule has 0 aliphatic rings. The predicted molar refractivity (Wildman–Crippen MR) is 43.2 cm³/mol. The Morgan fingerprint density at radius 3 is 2.80 bits per heavy atom. The lowest BCUT2D eigenvalue weighted by atomic mass is 10.1. The molecule has 1 aromatic rings.